The van der Waals surface area contributed by atoms with Crippen molar-refractivity contribution >= 4 is 17.3 Å². The van der Waals surface area contributed by atoms with E-state index in [9.17, 15) is 0 Å². The van der Waals surface area contributed by atoms with Crippen LogP contribution in [-0.4, -0.2) is 7.11 Å². The second-order valence-electron chi connectivity index (χ2n) is 4.48. The number of rotatable bonds is 2. The molecule has 0 bridgehead atoms. The number of hydrogen-bond donors (Lipinski definition) is 1. The van der Waals surface area contributed by atoms with E-state index < -0.39 is 0 Å². The highest BCUT2D eigenvalue weighted by Crippen LogP contribution is 2.36. The summed E-state index contributed by atoms with van der Waals surface area (Å²) in [5.41, 5.74) is 3.68. The molecule has 0 radical (unpaired) electrons. The maximum atomic E-state index is 6.02. The van der Waals surface area contributed by atoms with Gasteiger partial charge in [-0.15, -0.1) is 0 Å². The van der Waals surface area contributed by atoms with Crippen LogP contribution in [0.1, 0.15) is 17.2 Å². The van der Waals surface area contributed by atoms with Crippen molar-refractivity contribution in [3.8, 4) is 5.75 Å². The van der Waals surface area contributed by atoms with Crippen LogP contribution in [0.5, 0.6) is 5.75 Å². The van der Waals surface area contributed by atoms with E-state index in [2.05, 4.69) is 17.4 Å². The lowest BCUT2D eigenvalue weighted by Crippen LogP contribution is -2.05. The Hall–Kier alpha value is -1.67. The molecule has 2 aromatic carbocycles. The molecule has 3 heteroatoms. The lowest BCUT2D eigenvalue weighted by molar-refractivity contribution is 0.414. The van der Waals surface area contributed by atoms with E-state index in [-0.39, 0.29) is 0 Å². The van der Waals surface area contributed by atoms with Crippen LogP contribution in [0, 0.1) is 0 Å². The Morgan fingerprint density at radius 1 is 1.22 bits per heavy atom. The SMILES string of the molecule is COc1cccc(C2Cc3cc(Cl)ccc3N2)c1. The zero-order valence-electron chi connectivity index (χ0n) is 10.1. The molecule has 0 amide bonds. The van der Waals surface area contributed by atoms with Gasteiger partial charge in [-0.25, -0.2) is 0 Å². The van der Waals surface area contributed by atoms with Crippen LogP contribution in [0.15, 0.2) is 42.5 Å². The summed E-state index contributed by atoms with van der Waals surface area (Å²) in [6.07, 6.45) is 0.961. The van der Waals surface area contributed by atoms with Gasteiger partial charge in [0.15, 0.2) is 0 Å². The van der Waals surface area contributed by atoms with Gasteiger partial charge in [-0.05, 0) is 47.9 Å². The Labute approximate surface area is 112 Å². The molecule has 1 aliphatic heterocycles. The summed E-state index contributed by atoms with van der Waals surface area (Å²) in [6, 6.07) is 14.5. The van der Waals surface area contributed by atoms with Crippen molar-refractivity contribution in [3.05, 3.63) is 58.6 Å². The van der Waals surface area contributed by atoms with Crippen LogP contribution in [0.25, 0.3) is 0 Å². The first-order chi connectivity index (χ1) is 8.76. The molecule has 0 spiro atoms. The first-order valence-electron chi connectivity index (χ1n) is 5.95. The summed E-state index contributed by atoms with van der Waals surface area (Å²) in [6.45, 7) is 0. The first-order valence-corrected chi connectivity index (χ1v) is 6.33. The monoisotopic (exact) mass is 259 g/mol. The maximum absolute atomic E-state index is 6.02. The largest absolute Gasteiger partial charge is 0.497 e. The fraction of sp³-hybridized carbons (Fsp3) is 0.200. The zero-order chi connectivity index (χ0) is 12.5. The first kappa shape index (κ1) is 11.4. The number of nitrogens with one attached hydrogen (secondary N) is 1. The van der Waals surface area contributed by atoms with Crippen LogP contribution in [0.3, 0.4) is 0 Å². The predicted molar refractivity (Wildman–Crippen MR) is 74.5 cm³/mol. The van der Waals surface area contributed by atoms with Crippen molar-refractivity contribution in [2.45, 2.75) is 12.5 Å². The van der Waals surface area contributed by atoms with Crippen LogP contribution in [0.2, 0.25) is 5.02 Å². The molecule has 0 aliphatic carbocycles. The average molecular weight is 260 g/mol. The molecule has 92 valence electrons. The number of halogens is 1. The lowest BCUT2D eigenvalue weighted by atomic mass is 10.0. The van der Waals surface area contributed by atoms with E-state index in [4.69, 9.17) is 16.3 Å². The minimum atomic E-state index is 0.300. The van der Waals surface area contributed by atoms with E-state index in [0.717, 1.165) is 17.2 Å². The zero-order valence-corrected chi connectivity index (χ0v) is 10.9. The lowest BCUT2D eigenvalue weighted by Gasteiger charge is -2.12. The molecule has 0 fully saturated rings. The number of methoxy groups -OCH3 is 1. The second kappa shape index (κ2) is 4.54. The number of benzene rings is 2. The summed E-state index contributed by atoms with van der Waals surface area (Å²) in [5, 5.41) is 4.31. The van der Waals surface area contributed by atoms with E-state index >= 15 is 0 Å². The van der Waals surface area contributed by atoms with Crippen molar-refractivity contribution in [2.24, 2.45) is 0 Å². The minimum absolute atomic E-state index is 0.300. The van der Waals surface area contributed by atoms with Crippen molar-refractivity contribution in [1.29, 1.82) is 0 Å². The summed E-state index contributed by atoms with van der Waals surface area (Å²) in [4.78, 5) is 0. The fourth-order valence-corrected chi connectivity index (χ4v) is 2.58. The number of hydrogen-bond acceptors (Lipinski definition) is 2. The van der Waals surface area contributed by atoms with Crippen molar-refractivity contribution in [3.63, 3.8) is 0 Å². The molecular weight excluding hydrogens is 246 g/mol. The minimum Gasteiger partial charge on any atom is -0.497 e. The Balaban J connectivity index is 1.88. The predicted octanol–water partition coefficient (Wildman–Crippen LogP) is 4.06. The maximum Gasteiger partial charge on any atom is 0.119 e. The van der Waals surface area contributed by atoms with Crippen LogP contribution in [-0.2, 0) is 6.42 Å². The highest BCUT2D eigenvalue weighted by molar-refractivity contribution is 6.30. The molecule has 2 nitrogen and oxygen atoms in total. The van der Waals surface area contributed by atoms with E-state index in [0.29, 0.717) is 6.04 Å². The number of ether oxygens (including phenoxy) is 1. The van der Waals surface area contributed by atoms with Gasteiger partial charge in [-0.2, -0.15) is 0 Å². The molecule has 1 unspecified atom stereocenters. The van der Waals surface area contributed by atoms with Crippen LogP contribution < -0.4 is 10.1 Å². The van der Waals surface area contributed by atoms with Gasteiger partial charge in [0.05, 0.1) is 13.2 Å². The molecule has 1 N–H and O–H groups in total. The standard InChI is InChI=1S/C15H14ClNO/c1-18-13-4-2-3-10(8-13)15-9-11-7-12(16)5-6-14(11)17-15/h2-8,15,17H,9H2,1H3. The molecule has 1 heterocycles. The number of anilines is 1. The Morgan fingerprint density at radius 3 is 2.94 bits per heavy atom. The quantitative estimate of drug-likeness (QED) is 0.878. The third-order valence-corrected chi connectivity index (χ3v) is 3.55. The van der Waals surface area contributed by atoms with Crippen molar-refractivity contribution in [2.75, 3.05) is 12.4 Å². The molecule has 0 saturated heterocycles. The van der Waals surface area contributed by atoms with Gasteiger partial charge in [0.2, 0.25) is 0 Å². The smallest absolute Gasteiger partial charge is 0.119 e. The molecule has 1 atom stereocenters. The summed E-state index contributed by atoms with van der Waals surface area (Å²) in [7, 11) is 1.69. The van der Waals surface area contributed by atoms with Crippen LogP contribution in [0.4, 0.5) is 5.69 Å². The van der Waals surface area contributed by atoms with Gasteiger partial charge in [0, 0.05) is 10.7 Å². The summed E-state index contributed by atoms with van der Waals surface area (Å²) >= 11 is 6.02. The molecule has 18 heavy (non-hydrogen) atoms. The third-order valence-electron chi connectivity index (χ3n) is 3.32. The summed E-state index contributed by atoms with van der Waals surface area (Å²) < 4.78 is 5.26. The fourth-order valence-electron chi connectivity index (χ4n) is 2.39. The highest BCUT2D eigenvalue weighted by atomic mass is 35.5. The van der Waals surface area contributed by atoms with Gasteiger partial charge >= 0.3 is 0 Å². The molecule has 0 saturated carbocycles. The topological polar surface area (TPSA) is 21.3 Å². The van der Waals surface area contributed by atoms with Gasteiger partial charge < -0.3 is 10.1 Å². The molecular formula is C15H14ClNO. The molecule has 1 aliphatic rings. The Kier molecular flexibility index (Phi) is 2.88. The molecule has 0 aromatic heterocycles. The normalized spacial score (nSPS) is 17.1. The van der Waals surface area contributed by atoms with E-state index in [1.165, 1.54) is 16.8 Å². The van der Waals surface area contributed by atoms with Crippen LogP contribution >= 0.6 is 11.6 Å². The molecule has 3 rings (SSSR count). The van der Waals surface area contributed by atoms with Gasteiger partial charge in [0.25, 0.3) is 0 Å². The van der Waals surface area contributed by atoms with Crippen molar-refractivity contribution in [1.82, 2.24) is 0 Å². The Bertz CT molecular complexity index is 582. The van der Waals surface area contributed by atoms with E-state index in [1.54, 1.807) is 7.11 Å². The van der Waals surface area contributed by atoms with E-state index in [1.807, 2.05) is 30.3 Å². The highest BCUT2D eigenvalue weighted by Gasteiger charge is 2.22. The second-order valence-corrected chi connectivity index (χ2v) is 4.92. The number of fused-ring (bicyclic) bond motifs is 1. The third kappa shape index (κ3) is 2.04. The van der Waals surface area contributed by atoms with Gasteiger partial charge in [-0.1, -0.05) is 23.7 Å². The van der Waals surface area contributed by atoms with Gasteiger partial charge in [0.1, 0.15) is 5.75 Å². The Morgan fingerprint density at radius 2 is 2.11 bits per heavy atom. The van der Waals surface area contributed by atoms with Gasteiger partial charge in [-0.3, -0.25) is 0 Å². The van der Waals surface area contributed by atoms with Crippen molar-refractivity contribution < 1.29 is 4.74 Å². The summed E-state index contributed by atoms with van der Waals surface area (Å²) in [5.74, 6) is 0.892. The average Bonchev–Trinajstić information content (AvgIpc) is 2.81. The molecule has 2 aromatic rings.